The minimum absolute atomic E-state index is 0.0392. The Labute approximate surface area is 237 Å². The Morgan fingerprint density at radius 3 is 2.55 bits per heavy atom. The topological polar surface area (TPSA) is 55.8 Å². The fourth-order valence-corrected chi connectivity index (χ4v) is 5.54. The third kappa shape index (κ3) is 6.04. The van der Waals surface area contributed by atoms with Gasteiger partial charge in [0.15, 0.2) is 0 Å². The van der Waals surface area contributed by atoms with E-state index in [4.69, 9.17) is 21.1 Å². The standard InChI is InChI=1S/C32H30ClF2NO4/c1-2-39-32(38)22-14-21(15-25(16-22)36-13-4-3-8-31(36)37)26-6-5-7-27(26)28-17-23(33)10-12-30(28)40-19-20-9-11-24(34)18-29(20)35/h9-12,14-18H,2-8,13,19H2,1H3. The monoisotopic (exact) mass is 565 g/mol. The molecule has 5 nitrogen and oxygen atoms in total. The van der Waals surface area contributed by atoms with Crippen molar-refractivity contribution < 1.29 is 27.8 Å². The summed E-state index contributed by atoms with van der Waals surface area (Å²) in [7, 11) is 0. The van der Waals surface area contributed by atoms with Gasteiger partial charge in [-0.25, -0.2) is 13.6 Å². The van der Waals surface area contributed by atoms with E-state index in [0.29, 0.717) is 35.0 Å². The summed E-state index contributed by atoms with van der Waals surface area (Å²) in [6.45, 7) is 2.52. The van der Waals surface area contributed by atoms with Crippen molar-refractivity contribution in [1.29, 1.82) is 0 Å². The van der Waals surface area contributed by atoms with Crippen LogP contribution in [0.3, 0.4) is 0 Å². The molecule has 0 aromatic heterocycles. The molecule has 2 aliphatic rings. The lowest BCUT2D eigenvalue weighted by Crippen LogP contribution is -2.35. The summed E-state index contributed by atoms with van der Waals surface area (Å²) in [6.07, 6.45) is 4.62. The summed E-state index contributed by atoms with van der Waals surface area (Å²) >= 11 is 6.41. The summed E-state index contributed by atoms with van der Waals surface area (Å²) in [5, 5.41) is 0.522. The van der Waals surface area contributed by atoms with E-state index in [2.05, 4.69) is 0 Å². The molecule has 0 radical (unpaired) electrons. The highest BCUT2D eigenvalue weighted by atomic mass is 35.5. The van der Waals surface area contributed by atoms with Crippen molar-refractivity contribution in [2.45, 2.75) is 52.1 Å². The molecule has 0 unspecified atom stereocenters. The maximum Gasteiger partial charge on any atom is 0.338 e. The highest BCUT2D eigenvalue weighted by Gasteiger charge is 2.26. The zero-order valence-electron chi connectivity index (χ0n) is 22.3. The SMILES string of the molecule is CCOC(=O)c1cc(C2=C(c3cc(Cl)ccc3OCc3ccc(F)cc3F)CCC2)cc(N2CCCCC2=O)c1. The van der Waals surface area contributed by atoms with Crippen molar-refractivity contribution in [3.63, 3.8) is 0 Å². The molecule has 1 fully saturated rings. The van der Waals surface area contributed by atoms with E-state index >= 15 is 0 Å². The first-order valence-electron chi connectivity index (χ1n) is 13.6. The number of nitrogens with zero attached hydrogens (tertiary/aromatic N) is 1. The third-order valence-corrected chi connectivity index (χ3v) is 7.53. The Morgan fingerprint density at radius 1 is 0.950 bits per heavy atom. The van der Waals surface area contributed by atoms with Gasteiger partial charge in [0.1, 0.15) is 24.0 Å². The summed E-state index contributed by atoms with van der Waals surface area (Å²) in [5.74, 6) is -1.20. The number of piperidine rings is 1. The Hall–Kier alpha value is -3.71. The number of amides is 1. The number of allylic oxidation sites excluding steroid dienone is 2. The first kappa shape index (κ1) is 27.8. The molecule has 1 heterocycles. The normalized spacial score (nSPS) is 15.5. The van der Waals surface area contributed by atoms with Crippen molar-refractivity contribution in [1.82, 2.24) is 0 Å². The smallest absolute Gasteiger partial charge is 0.338 e. The van der Waals surface area contributed by atoms with Gasteiger partial charge in [-0.1, -0.05) is 11.6 Å². The lowest BCUT2D eigenvalue weighted by atomic mass is 9.94. The predicted molar refractivity (Wildman–Crippen MR) is 151 cm³/mol. The number of hydrogen-bond acceptors (Lipinski definition) is 4. The molecule has 1 saturated heterocycles. The summed E-state index contributed by atoms with van der Waals surface area (Å²) in [4.78, 5) is 27.3. The average molecular weight is 566 g/mol. The molecule has 0 spiro atoms. The number of rotatable bonds is 8. The lowest BCUT2D eigenvalue weighted by Gasteiger charge is -2.28. The molecule has 1 aliphatic carbocycles. The van der Waals surface area contributed by atoms with Gasteiger partial charge >= 0.3 is 5.97 Å². The van der Waals surface area contributed by atoms with Gasteiger partial charge in [0.05, 0.1) is 12.2 Å². The second kappa shape index (κ2) is 12.2. The highest BCUT2D eigenvalue weighted by Crippen LogP contribution is 2.44. The third-order valence-electron chi connectivity index (χ3n) is 7.30. The zero-order valence-corrected chi connectivity index (χ0v) is 23.0. The van der Waals surface area contributed by atoms with Crippen LogP contribution in [0, 0.1) is 11.6 Å². The molecule has 0 N–H and O–H groups in total. The molecule has 208 valence electrons. The van der Waals surface area contributed by atoms with Gasteiger partial charge in [0.2, 0.25) is 5.91 Å². The van der Waals surface area contributed by atoms with Crippen molar-refractivity contribution in [2.75, 3.05) is 18.1 Å². The Balaban J connectivity index is 1.56. The van der Waals surface area contributed by atoms with Crippen LogP contribution < -0.4 is 9.64 Å². The molecule has 0 atom stereocenters. The second-order valence-electron chi connectivity index (χ2n) is 9.97. The van der Waals surface area contributed by atoms with Crippen LogP contribution in [-0.4, -0.2) is 25.0 Å². The number of carbonyl (C=O) groups excluding carboxylic acids is 2. The van der Waals surface area contributed by atoms with Crippen LogP contribution in [0.2, 0.25) is 5.02 Å². The van der Waals surface area contributed by atoms with Gasteiger partial charge < -0.3 is 14.4 Å². The molecule has 0 saturated carbocycles. The van der Waals surface area contributed by atoms with Crippen LogP contribution >= 0.6 is 11.6 Å². The molecule has 8 heteroatoms. The number of ether oxygens (including phenoxy) is 2. The largest absolute Gasteiger partial charge is 0.488 e. The van der Waals surface area contributed by atoms with E-state index in [1.54, 1.807) is 30.0 Å². The number of benzene rings is 3. The van der Waals surface area contributed by atoms with Crippen LogP contribution in [0.1, 0.15) is 72.5 Å². The highest BCUT2D eigenvalue weighted by molar-refractivity contribution is 6.30. The van der Waals surface area contributed by atoms with Crippen LogP contribution in [0.15, 0.2) is 54.6 Å². The van der Waals surface area contributed by atoms with E-state index in [9.17, 15) is 18.4 Å². The predicted octanol–water partition coefficient (Wildman–Crippen LogP) is 7.99. The molecule has 3 aromatic carbocycles. The van der Waals surface area contributed by atoms with E-state index in [1.807, 2.05) is 18.2 Å². The van der Waals surface area contributed by atoms with Crippen molar-refractivity contribution >= 4 is 40.3 Å². The Morgan fingerprint density at radius 2 is 1.77 bits per heavy atom. The quantitative estimate of drug-likeness (QED) is 0.260. The van der Waals surface area contributed by atoms with Gasteiger partial charge in [-0.15, -0.1) is 0 Å². The van der Waals surface area contributed by atoms with Crippen molar-refractivity contribution in [2.24, 2.45) is 0 Å². The molecular weight excluding hydrogens is 536 g/mol. The molecule has 3 aromatic rings. The first-order chi connectivity index (χ1) is 19.3. The summed E-state index contributed by atoms with van der Waals surface area (Å²) in [6, 6.07) is 14.2. The number of halogens is 3. The fourth-order valence-electron chi connectivity index (χ4n) is 5.37. The number of carbonyl (C=O) groups is 2. The lowest BCUT2D eigenvalue weighted by molar-refractivity contribution is -0.119. The van der Waals surface area contributed by atoms with Crippen LogP contribution in [0.5, 0.6) is 5.75 Å². The van der Waals surface area contributed by atoms with Gasteiger partial charge in [-0.2, -0.15) is 0 Å². The van der Waals surface area contributed by atoms with Gasteiger partial charge in [-0.05, 0) is 104 Å². The van der Waals surface area contributed by atoms with Gasteiger partial charge in [0, 0.05) is 40.9 Å². The minimum Gasteiger partial charge on any atom is -0.488 e. The number of anilines is 1. The van der Waals surface area contributed by atoms with Gasteiger partial charge in [-0.3, -0.25) is 4.79 Å². The molecular formula is C32H30ClF2NO4. The Bertz CT molecular complexity index is 1490. The van der Waals surface area contributed by atoms with Crippen molar-refractivity contribution in [3.05, 3.63) is 93.5 Å². The molecule has 5 rings (SSSR count). The first-order valence-corrected chi connectivity index (χ1v) is 13.9. The molecule has 40 heavy (non-hydrogen) atoms. The Kier molecular flexibility index (Phi) is 8.50. The minimum atomic E-state index is -0.674. The van der Waals surface area contributed by atoms with Crippen LogP contribution in [-0.2, 0) is 16.1 Å². The van der Waals surface area contributed by atoms with E-state index < -0.39 is 17.6 Å². The summed E-state index contributed by atoms with van der Waals surface area (Å²) in [5.41, 5.74) is 4.95. The maximum atomic E-state index is 14.3. The van der Waals surface area contributed by atoms with E-state index in [1.165, 1.54) is 12.1 Å². The fraction of sp³-hybridized carbons (Fsp3) is 0.312. The maximum absolute atomic E-state index is 14.3. The van der Waals surface area contributed by atoms with Crippen molar-refractivity contribution in [3.8, 4) is 5.75 Å². The zero-order chi connectivity index (χ0) is 28.2. The van der Waals surface area contributed by atoms with E-state index in [0.717, 1.165) is 60.4 Å². The number of hydrogen-bond donors (Lipinski definition) is 0. The number of esters is 1. The summed E-state index contributed by atoms with van der Waals surface area (Å²) < 4.78 is 39.0. The molecule has 0 bridgehead atoms. The van der Waals surface area contributed by atoms with E-state index in [-0.39, 0.29) is 24.7 Å². The van der Waals surface area contributed by atoms with Gasteiger partial charge in [0.25, 0.3) is 0 Å². The molecule has 1 aliphatic heterocycles. The second-order valence-corrected chi connectivity index (χ2v) is 10.4. The van der Waals surface area contributed by atoms with Crippen LogP contribution in [0.4, 0.5) is 14.5 Å². The van der Waals surface area contributed by atoms with Crippen LogP contribution in [0.25, 0.3) is 11.1 Å². The molecule has 1 amide bonds. The average Bonchev–Trinajstić information content (AvgIpc) is 3.43.